The lowest BCUT2D eigenvalue weighted by molar-refractivity contribution is -0.144. The molecule has 2 aliphatic heterocycles. The maximum Gasteiger partial charge on any atom is 0.451 e. The maximum atomic E-state index is 12.9. The van der Waals surface area contributed by atoms with Crippen molar-refractivity contribution in [3.05, 3.63) is 52.9 Å². The van der Waals surface area contributed by atoms with Gasteiger partial charge in [-0.05, 0) is 49.7 Å². The Balaban J connectivity index is 1.28. The zero-order valence-electron chi connectivity index (χ0n) is 16.9. The van der Waals surface area contributed by atoms with Gasteiger partial charge < -0.3 is 15.3 Å². The smallest absolute Gasteiger partial charge is 0.390 e. The number of piperidine rings is 1. The first kappa shape index (κ1) is 22.3. The van der Waals surface area contributed by atoms with Crippen molar-refractivity contribution in [1.82, 2.24) is 20.2 Å². The number of anilines is 1. The minimum Gasteiger partial charge on any atom is -0.390 e. The quantitative estimate of drug-likeness (QED) is 0.722. The van der Waals surface area contributed by atoms with E-state index < -0.39 is 18.1 Å². The van der Waals surface area contributed by atoms with Gasteiger partial charge in [0.15, 0.2) is 0 Å². The van der Waals surface area contributed by atoms with Gasteiger partial charge in [-0.15, -0.1) is 0 Å². The fourth-order valence-corrected chi connectivity index (χ4v) is 4.33. The second kappa shape index (κ2) is 9.28. The van der Waals surface area contributed by atoms with Gasteiger partial charge in [-0.25, -0.2) is 9.97 Å². The van der Waals surface area contributed by atoms with Crippen molar-refractivity contribution < 1.29 is 18.3 Å². The zero-order chi connectivity index (χ0) is 22.0. The summed E-state index contributed by atoms with van der Waals surface area (Å²) in [5.74, 6) is -0.979. The number of nitrogens with zero attached hydrogens (tertiary/aromatic N) is 4. The van der Waals surface area contributed by atoms with Crippen LogP contribution in [0.2, 0.25) is 5.02 Å². The van der Waals surface area contributed by atoms with Crippen LogP contribution in [0.5, 0.6) is 0 Å². The second-order valence-electron chi connectivity index (χ2n) is 8.16. The summed E-state index contributed by atoms with van der Waals surface area (Å²) in [5, 5.41) is 14.7. The third kappa shape index (κ3) is 5.65. The summed E-state index contributed by atoms with van der Waals surface area (Å²) in [7, 11) is 0. The molecule has 1 aromatic heterocycles. The van der Waals surface area contributed by atoms with Crippen LogP contribution in [0.25, 0.3) is 0 Å². The Morgan fingerprint density at radius 1 is 1.10 bits per heavy atom. The molecule has 1 unspecified atom stereocenters. The van der Waals surface area contributed by atoms with Crippen molar-refractivity contribution in [3.8, 4) is 0 Å². The number of halogens is 4. The fourth-order valence-electron chi connectivity index (χ4n) is 4.21. The Labute approximate surface area is 184 Å². The predicted molar refractivity (Wildman–Crippen MR) is 112 cm³/mol. The molecule has 6 nitrogen and oxygen atoms in total. The minimum atomic E-state index is -4.59. The summed E-state index contributed by atoms with van der Waals surface area (Å²) in [6, 6.07) is 9.36. The van der Waals surface area contributed by atoms with Gasteiger partial charge in [0.1, 0.15) is 5.82 Å². The van der Waals surface area contributed by atoms with Crippen LogP contribution in [-0.2, 0) is 12.7 Å². The number of benzene rings is 1. The number of hydrogen-bond donors (Lipinski definition) is 2. The van der Waals surface area contributed by atoms with Crippen LogP contribution >= 0.6 is 11.6 Å². The van der Waals surface area contributed by atoms with Crippen molar-refractivity contribution in [1.29, 1.82) is 0 Å². The summed E-state index contributed by atoms with van der Waals surface area (Å²) in [4.78, 5) is 11.0. The summed E-state index contributed by atoms with van der Waals surface area (Å²) >= 11 is 5.94. The average molecular weight is 456 g/mol. The predicted octanol–water partition coefficient (Wildman–Crippen LogP) is 2.95. The number of rotatable bonds is 5. The lowest BCUT2D eigenvalue weighted by Crippen LogP contribution is -2.49. The molecule has 2 N–H and O–H groups in total. The standard InChI is InChI=1S/C21H25ClF3N5O/c22-15-3-1-14(2-4-15)11-29-9-6-16(7-10-29)27-17-12-30(13-18(17)31)19-5-8-26-20(28-19)21(23,24)25/h1-5,8,16-18,27,31H,6-7,9-13H2/t17?,18-/m1/s1. The molecular formula is C21H25ClF3N5O. The molecule has 31 heavy (non-hydrogen) atoms. The van der Waals surface area contributed by atoms with E-state index in [1.807, 2.05) is 24.3 Å². The molecule has 3 heterocycles. The SMILES string of the molecule is O[C@@H]1CN(c2ccnc(C(F)(F)F)n2)CC1NC1CCN(Cc2ccc(Cl)cc2)CC1. The molecule has 2 aliphatic rings. The van der Waals surface area contributed by atoms with Gasteiger partial charge in [0, 0.05) is 36.9 Å². The summed E-state index contributed by atoms with van der Waals surface area (Å²) in [6.07, 6.45) is -2.26. The summed E-state index contributed by atoms with van der Waals surface area (Å²) in [5.41, 5.74) is 1.22. The Hall–Kier alpha value is -1.94. The number of nitrogens with one attached hydrogen (secondary N) is 1. The number of alkyl halides is 3. The van der Waals surface area contributed by atoms with E-state index in [9.17, 15) is 18.3 Å². The second-order valence-corrected chi connectivity index (χ2v) is 8.60. The molecule has 0 radical (unpaired) electrons. The highest BCUT2D eigenvalue weighted by Gasteiger charge is 2.37. The molecule has 2 atom stereocenters. The molecule has 2 fully saturated rings. The Bertz CT molecular complexity index is 874. The van der Waals surface area contributed by atoms with E-state index in [1.165, 1.54) is 11.6 Å². The largest absolute Gasteiger partial charge is 0.451 e. The first-order chi connectivity index (χ1) is 14.8. The van der Waals surface area contributed by atoms with E-state index in [0.717, 1.165) is 43.7 Å². The van der Waals surface area contributed by atoms with Crippen LogP contribution in [0.4, 0.5) is 19.0 Å². The van der Waals surface area contributed by atoms with Gasteiger partial charge in [-0.3, -0.25) is 4.90 Å². The maximum absolute atomic E-state index is 12.9. The number of aliphatic hydroxyl groups is 1. The van der Waals surface area contributed by atoms with Crippen LogP contribution in [0.15, 0.2) is 36.5 Å². The normalized spacial score (nSPS) is 23.5. The first-order valence-corrected chi connectivity index (χ1v) is 10.7. The topological polar surface area (TPSA) is 64.5 Å². The molecule has 0 saturated carbocycles. The molecular weight excluding hydrogens is 431 g/mol. The van der Waals surface area contributed by atoms with Crippen molar-refractivity contribution in [2.75, 3.05) is 31.1 Å². The number of aliphatic hydroxyl groups excluding tert-OH is 1. The molecule has 2 aromatic rings. The van der Waals surface area contributed by atoms with Gasteiger partial charge >= 0.3 is 6.18 Å². The van der Waals surface area contributed by atoms with E-state index >= 15 is 0 Å². The van der Waals surface area contributed by atoms with Crippen LogP contribution in [0.3, 0.4) is 0 Å². The molecule has 10 heteroatoms. The van der Waals surface area contributed by atoms with Crippen molar-refractivity contribution >= 4 is 17.4 Å². The minimum absolute atomic E-state index is 0.184. The van der Waals surface area contributed by atoms with Crippen LogP contribution in [0, 0.1) is 0 Å². The van der Waals surface area contributed by atoms with E-state index in [4.69, 9.17) is 11.6 Å². The molecule has 0 bridgehead atoms. The Morgan fingerprint density at radius 2 is 1.81 bits per heavy atom. The average Bonchev–Trinajstić information content (AvgIpc) is 3.11. The van der Waals surface area contributed by atoms with Gasteiger partial charge in [0.05, 0.1) is 12.1 Å². The van der Waals surface area contributed by atoms with E-state index in [-0.39, 0.29) is 24.4 Å². The number of hydrogen-bond acceptors (Lipinski definition) is 6. The highest BCUT2D eigenvalue weighted by molar-refractivity contribution is 6.30. The third-order valence-electron chi connectivity index (χ3n) is 5.86. The lowest BCUT2D eigenvalue weighted by atomic mass is 10.0. The molecule has 0 spiro atoms. The first-order valence-electron chi connectivity index (χ1n) is 10.3. The van der Waals surface area contributed by atoms with Crippen LogP contribution < -0.4 is 10.2 Å². The van der Waals surface area contributed by atoms with Gasteiger partial charge in [0.25, 0.3) is 0 Å². The van der Waals surface area contributed by atoms with Crippen molar-refractivity contribution in [3.63, 3.8) is 0 Å². The van der Waals surface area contributed by atoms with Crippen molar-refractivity contribution in [2.24, 2.45) is 0 Å². The molecule has 0 aliphatic carbocycles. The zero-order valence-corrected chi connectivity index (χ0v) is 17.6. The van der Waals surface area contributed by atoms with Crippen molar-refractivity contribution in [2.45, 2.75) is 43.8 Å². The molecule has 1 aromatic carbocycles. The Kier molecular flexibility index (Phi) is 6.66. The summed E-state index contributed by atoms with van der Waals surface area (Å²) < 4.78 is 38.7. The number of likely N-dealkylation sites (tertiary alicyclic amines) is 1. The van der Waals surface area contributed by atoms with E-state index in [1.54, 1.807) is 4.90 Å². The molecule has 168 valence electrons. The molecule has 0 amide bonds. The number of β-amino-alcohol motifs (C(OH)–C–C–N with tert-alkyl or cyclic N) is 1. The highest BCUT2D eigenvalue weighted by Crippen LogP contribution is 2.28. The van der Waals surface area contributed by atoms with E-state index in [0.29, 0.717) is 6.54 Å². The van der Waals surface area contributed by atoms with Crippen LogP contribution in [0.1, 0.15) is 24.2 Å². The molecule has 2 saturated heterocycles. The highest BCUT2D eigenvalue weighted by atomic mass is 35.5. The molecule has 4 rings (SSSR count). The summed E-state index contributed by atoms with van der Waals surface area (Å²) in [6.45, 7) is 3.39. The number of aromatic nitrogens is 2. The van der Waals surface area contributed by atoms with Crippen LogP contribution in [-0.4, -0.2) is 64.3 Å². The van der Waals surface area contributed by atoms with Gasteiger partial charge in [-0.1, -0.05) is 23.7 Å². The van der Waals surface area contributed by atoms with Gasteiger partial charge in [0.2, 0.25) is 5.82 Å². The Morgan fingerprint density at radius 3 is 2.48 bits per heavy atom. The fraction of sp³-hybridized carbons (Fsp3) is 0.524. The third-order valence-corrected chi connectivity index (χ3v) is 6.12. The monoisotopic (exact) mass is 455 g/mol. The van der Waals surface area contributed by atoms with E-state index in [2.05, 4.69) is 20.2 Å². The lowest BCUT2D eigenvalue weighted by Gasteiger charge is -2.34. The van der Waals surface area contributed by atoms with Gasteiger partial charge in [-0.2, -0.15) is 13.2 Å².